The molecular weight excluding hydrogens is 247 g/mol. The lowest BCUT2D eigenvalue weighted by Gasteiger charge is -2.22. The van der Waals surface area contributed by atoms with Gasteiger partial charge in [-0.3, -0.25) is 0 Å². The summed E-state index contributed by atoms with van der Waals surface area (Å²) in [5.41, 5.74) is 0.432. The van der Waals surface area contributed by atoms with Crippen molar-refractivity contribution in [2.24, 2.45) is 0 Å². The zero-order valence-electron chi connectivity index (χ0n) is 12.1. The van der Waals surface area contributed by atoms with Crippen LogP contribution >= 0.6 is 0 Å². The molecule has 0 aromatic carbocycles. The highest BCUT2D eigenvalue weighted by molar-refractivity contribution is 5.90. The van der Waals surface area contributed by atoms with Crippen molar-refractivity contribution >= 4 is 5.97 Å². The molecule has 0 aliphatic rings. The Hall–Kier alpha value is -1.62. The summed E-state index contributed by atoms with van der Waals surface area (Å²) in [6.45, 7) is 7.02. The number of carboxylic acids is 1. The highest BCUT2D eigenvalue weighted by Crippen LogP contribution is 2.15. The first-order valence-corrected chi connectivity index (χ1v) is 6.08. The lowest BCUT2D eigenvalue weighted by atomic mass is 10.2. The average Bonchev–Trinajstić information content (AvgIpc) is 2.33. The molecule has 0 saturated heterocycles. The molecule has 19 heavy (non-hydrogen) atoms. The molecule has 0 aromatic rings. The van der Waals surface area contributed by atoms with Gasteiger partial charge >= 0.3 is 5.97 Å². The van der Waals surface area contributed by atoms with Crippen molar-refractivity contribution < 1.29 is 14.3 Å². The van der Waals surface area contributed by atoms with Gasteiger partial charge in [0.15, 0.2) is 0 Å². The number of hydrogen-bond donors (Lipinski definition) is 1. The molecule has 4 nitrogen and oxygen atoms in total. The topological polar surface area (TPSA) is 43.8 Å². The maximum absolute atomic E-state index is 13.6. The van der Waals surface area contributed by atoms with Crippen LogP contribution in [0.1, 0.15) is 13.3 Å². The molecule has 0 aromatic heterocycles. The van der Waals surface area contributed by atoms with E-state index < -0.39 is 11.8 Å². The lowest BCUT2D eigenvalue weighted by Crippen LogP contribution is -2.27. The maximum Gasteiger partial charge on any atom is 0.338 e. The third-order valence-corrected chi connectivity index (χ3v) is 2.72. The molecular formula is C14H23FN2O2. The van der Waals surface area contributed by atoms with E-state index in [0.717, 1.165) is 18.8 Å². The fourth-order valence-corrected chi connectivity index (χ4v) is 1.34. The summed E-state index contributed by atoms with van der Waals surface area (Å²) >= 11 is 0. The SMILES string of the molecule is C=C(CC=C(F)/C(=C\C)C(=O)O)N(C)CCN(C)C. The number of carbonyl (C=O) groups is 1. The predicted octanol–water partition coefficient (Wildman–Crippen LogP) is 2.27. The summed E-state index contributed by atoms with van der Waals surface area (Å²) in [7, 11) is 5.83. The lowest BCUT2D eigenvalue weighted by molar-refractivity contribution is -0.132. The van der Waals surface area contributed by atoms with Crippen LogP contribution in [0.5, 0.6) is 0 Å². The number of hydrogen-bond acceptors (Lipinski definition) is 3. The minimum atomic E-state index is -1.26. The molecule has 5 heteroatoms. The molecule has 0 unspecified atom stereocenters. The Balaban J connectivity index is 4.45. The zero-order valence-corrected chi connectivity index (χ0v) is 12.1. The molecule has 108 valence electrons. The molecule has 0 fully saturated rings. The standard InChI is InChI=1S/C14H23FN2O2/c1-6-12(14(18)19)13(15)8-7-11(2)17(5)10-9-16(3)4/h6,8H,2,7,9-10H2,1,3-5H3,(H,18,19)/b12-6+,13-8?. The Kier molecular flexibility index (Phi) is 7.75. The predicted molar refractivity (Wildman–Crippen MR) is 75.5 cm³/mol. The van der Waals surface area contributed by atoms with Crippen molar-refractivity contribution in [3.05, 3.63) is 35.8 Å². The summed E-state index contributed by atoms with van der Waals surface area (Å²) in [5, 5.41) is 8.78. The van der Waals surface area contributed by atoms with E-state index in [2.05, 4.69) is 6.58 Å². The molecule has 0 atom stereocenters. The summed E-state index contributed by atoms with van der Waals surface area (Å²) in [5.74, 6) is -1.99. The van der Waals surface area contributed by atoms with E-state index in [-0.39, 0.29) is 5.57 Å². The van der Waals surface area contributed by atoms with Gasteiger partial charge in [0, 0.05) is 32.3 Å². The molecule has 0 radical (unpaired) electrons. The average molecular weight is 270 g/mol. The fraction of sp³-hybridized carbons (Fsp3) is 0.500. The van der Waals surface area contributed by atoms with Gasteiger partial charge in [0.2, 0.25) is 0 Å². The molecule has 0 bridgehead atoms. The number of carboxylic acid groups (broad SMARTS) is 1. The molecule has 0 heterocycles. The second kappa shape index (κ2) is 8.48. The van der Waals surface area contributed by atoms with Crippen molar-refractivity contribution in [3.8, 4) is 0 Å². The smallest absolute Gasteiger partial charge is 0.338 e. The van der Waals surface area contributed by atoms with Crippen LogP contribution in [0.25, 0.3) is 0 Å². The third-order valence-electron chi connectivity index (χ3n) is 2.72. The van der Waals surface area contributed by atoms with E-state index in [9.17, 15) is 9.18 Å². The van der Waals surface area contributed by atoms with Gasteiger partial charge in [-0.2, -0.15) is 0 Å². The quantitative estimate of drug-likeness (QED) is 0.543. The summed E-state index contributed by atoms with van der Waals surface area (Å²) in [6.07, 6.45) is 2.78. The molecule has 0 spiro atoms. The van der Waals surface area contributed by atoms with Gasteiger partial charge in [-0.15, -0.1) is 0 Å². The monoisotopic (exact) mass is 270 g/mol. The first kappa shape index (κ1) is 17.4. The largest absolute Gasteiger partial charge is 0.478 e. The van der Waals surface area contributed by atoms with Gasteiger partial charge in [0.25, 0.3) is 0 Å². The Morgan fingerprint density at radius 1 is 1.32 bits per heavy atom. The Bertz CT molecular complexity index is 387. The van der Waals surface area contributed by atoms with Gasteiger partial charge in [0.05, 0.1) is 5.57 Å². The second-order valence-electron chi connectivity index (χ2n) is 4.55. The van der Waals surface area contributed by atoms with Crippen LogP contribution in [-0.4, -0.2) is 55.1 Å². The number of likely N-dealkylation sites (N-methyl/N-ethyl adjacent to an activating group) is 2. The van der Waals surface area contributed by atoms with Gasteiger partial charge in [-0.25, -0.2) is 9.18 Å². The van der Waals surface area contributed by atoms with E-state index in [1.807, 2.05) is 30.9 Å². The summed E-state index contributed by atoms with van der Waals surface area (Å²) < 4.78 is 13.6. The normalized spacial score (nSPS) is 12.7. The van der Waals surface area contributed by atoms with Crippen molar-refractivity contribution in [2.75, 3.05) is 34.2 Å². The van der Waals surface area contributed by atoms with Crippen LogP contribution in [0.15, 0.2) is 35.8 Å². The summed E-state index contributed by atoms with van der Waals surface area (Å²) in [6, 6.07) is 0. The first-order chi connectivity index (χ1) is 8.79. The van der Waals surface area contributed by atoms with Crippen LogP contribution in [0.3, 0.4) is 0 Å². The summed E-state index contributed by atoms with van der Waals surface area (Å²) in [4.78, 5) is 14.7. The van der Waals surface area contributed by atoms with Crippen LogP contribution in [0, 0.1) is 0 Å². The highest BCUT2D eigenvalue weighted by atomic mass is 19.1. The molecule has 0 aliphatic carbocycles. The van der Waals surface area contributed by atoms with Crippen LogP contribution in [0.2, 0.25) is 0 Å². The molecule has 1 N–H and O–H groups in total. The van der Waals surface area contributed by atoms with Gasteiger partial charge in [-0.05, 0) is 27.1 Å². The molecule has 0 aliphatic heterocycles. The molecule has 0 rings (SSSR count). The Morgan fingerprint density at radius 3 is 2.32 bits per heavy atom. The van der Waals surface area contributed by atoms with Crippen molar-refractivity contribution in [2.45, 2.75) is 13.3 Å². The number of rotatable bonds is 8. The van der Waals surface area contributed by atoms with E-state index in [1.165, 1.54) is 19.1 Å². The molecule has 0 amide bonds. The Labute approximate surface area is 114 Å². The van der Waals surface area contributed by atoms with Gasteiger partial charge in [0.1, 0.15) is 5.83 Å². The van der Waals surface area contributed by atoms with E-state index in [1.54, 1.807) is 0 Å². The van der Waals surface area contributed by atoms with Crippen LogP contribution < -0.4 is 0 Å². The minimum Gasteiger partial charge on any atom is -0.478 e. The fourth-order valence-electron chi connectivity index (χ4n) is 1.34. The number of aliphatic carboxylic acids is 1. The van der Waals surface area contributed by atoms with E-state index in [4.69, 9.17) is 5.11 Å². The number of halogens is 1. The zero-order chi connectivity index (χ0) is 15.0. The number of nitrogens with zero attached hydrogens (tertiary/aromatic N) is 2. The van der Waals surface area contributed by atoms with Gasteiger partial charge < -0.3 is 14.9 Å². The van der Waals surface area contributed by atoms with Crippen molar-refractivity contribution in [1.82, 2.24) is 9.80 Å². The van der Waals surface area contributed by atoms with E-state index >= 15 is 0 Å². The second-order valence-corrected chi connectivity index (χ2v) is 4.55. The highest BCUT2D eigenvalue weighted by Gasteiger charge is 2.11. The van der Waals surface area contributed by atoms with Crippen LogP contribution in [0.4, 0.5) is 4.39 Å². The Morgan fingerprint density at radius 2 is 1.89 bits per heavy atom. The third kappa shape index (κ3) is 6.76. The van der Waals surface area contributed by atoms with Crippen molar-refractivity contribution in [3.63, 3.8) is 0 Å². The van der Waals surface area contributed by atoms with Crippen LogP contribution in [-0.2, 0) is 4.79 Å². The first-order valence-electron chi connectivity index (χ1n) is 6.08. The maximum atomic E-state index is 13.6. The van der Waals surface area contributed by atoms with Crippen molar-refractivity contribution in [1.29, 1.82) is 0 Å². The molecule has 0 saturated carbocycles. The minimum absolute atomic E-state index is 0.292. The van der Waals surface area contributed by atoms with Gasteiger partial charge in [-0.1, -0.05) is 12.7 Å². The number of allylic oxidation sites excluding steroid dienone is 2. The van der Waals surface area contributed by atoms with E-state index in [0.29, 0.717) is 6.42 Å².